The van der Waals surface area contributed by atoms with E-state index >= 15 is 0 Å². The monoisotopic (exact) mass is 440 g/mol. The van der Waals surface area contributed by atoms with Gasteiger partial charge in [0.1, 0.15) is 10.6 Å². The van der Waals surface area contributed by atoms with E-state index in [2.05, 4.69) is 5.32 Å². The number of nitrogens with two attached hydrogens (primary N) is 1. The minimum Gasteiger partial charge on any atom is -0.495 e. The molecule has 31 heavy (non-hydrogen) atoms. The van der Waals surface area contributed by atoms with Gasteiger partial charge in [0.2, 0.25) is 10.0 Å². The highest BCUT2D eigenvalue weighted by Gasteiger charge is 2.17. The summed E-state index contributed by atoms with van der Waals surface area (Å²) in [6.07, 6.45) is 0. The molecule has 3 rings (SSSR count). The summed E-state index contributed by atoms with van der Waals surface area (Å²) in [4.78, 5) is 24.4. The van der Waals surface area contributed by atoms with Crippen LogP contribution in [-0.2, 0) is 14.8 Å². The van der Waals surface area contributed by atoms with Crippen LogP contribution in [0.3, 0.4) is 0 Å². The van der Waals surface area contributed by atoms with Crippen LogP contribution in [0.1, 0.15) is 20.7 Å². The first-order valence-electron chi connectivity index (χ1n) is 9.04. The van der Waals surface area contributed by atoms with Gasteiger partial charge in [-0.05, 0) is 41.5 Å². The summed E-state index contributed by atoms with van der Waals surface area (Å²) < 4.78 is 33.0. The number of carbonyl (C=O) groups is 2. The Morgan fingerprint density at radius 1 is 0.935 bits per heavy atom. The lowest BCUT2D eigenvalue weighted by Gasteiger charge is -2.11. The lowest BCUT2D eigenvalue weighted by Crippen LogP contribution is -2.15. The summed E-state index contributed by atoms with van der Waals surface area (Å²) in [7, 11) is -1.33. The predicted octanol–water partition coefficient (Wildman–Crippen LogP) is 3.05. The van der Waals surface area contributed by atoms with Gasteiger partial charge >= 0.3 is 5.97 Å². The van der Waals surface area contributed by atoms with Gasteiger partial charge in [-0.3, -0.25) is 4.79 Å². The Morgan fingerprint density at radius 2 is 1.61 bits per heavy atom. The van der Waals surface area contributed by atoms with Gasteiger partial charge in [0.05, 0.1) is 19.8 Å². The first-order valence-corrected chi connectivity index (χ1v) is 10.6. The van der Waals surface area contributed by atoms with Crippen LogP contribution in [0.4, 0.5) is 5.69 Å². The van der Waals surface area contributed by atoms with E-state index in [4.69, 9.17) is 14.6 Å². The number of hydrogen-bond acceptors (Lipinski definition) is 6. The molecule has 9 heteroatoms. The van der Waals surface area contributed by atoms with Crippen LogP contribution in [-0.4, -0.2) is 34.5 Å². The van der Waals surface area contributed by atoms with Crippen molar-refractivity contribution in [2.24, 2.45) is 5.14 Å². The summed E-state index contributed by atoms with van der Waals surface area (Å²) in [5.41, 5.74) is 2.56. The van der Waals surface area contributed by atoms with E-state index in [1.165, 1.54) is 32.4 Å². The van der Waals surface area contributed by atoms with Crippen molar-refractivity contribution in [1.82, 2.24) is 0 Å². The largest absolute Gasteiger partial charge is 0.495 e. The number of hydrogen-bond donors (Lipinski definition) is 2. The van der Waals surface area contributed by atoms with Gasteiger partial charge in [0.25, 0.3) is 5.91 Å². The Hall–Kier alpha value is -3.69. The predicted molar refractivity (Wildman–Crippen MR) is 116 cm³/mol. The fourth-order valence-electron chi connectivity index (χ4n) is 3.01. The van der Waals surface area contributed by atoms with Crippen molar-refractivity contribution in [1.29, 1.82) is 0 Å². The Balaban J connectivity index is 1.83. The Kier molecular flexibility index (Phi) is 6.38. The number of ether oxygens (including phenoxy) is 2. The number of sulfonamides is 1. The smallest absolute Gasteiger partial charge is 0.338 e. The summed E-state index contributed by atoms with van der Waals surface area (Å²) >= 11 is 0. The molecular weight excluding hydrogens is 420 g/mol. The van der Waals surface area contributed by atoms with E-state index < -0.39 is 21.9 Å². The van der Waals surface area contributed by atoms with Gasteiger partial charge in [-0.15, -0.1) is 0 Å². The molecule has 0 aromatic heterocycles. The van der Waals surface area contributed by atoms with Crippen molar-refractivity contribution in [3.05, 3.63) is 77.9 Å². The van der Waals surface area contributed by atoms with Gasteiger partial charge < -0.3 is 14.8 Å². The normalized spacial score (nSPS) is 10.9. The third kappa shape index (κ3) is 4.90. The maximum absolute atomic E-state index is 12.6. The molecule has 3 aromatic rings. The molecule has 0 radical (unpaired) electrons. The second kappa shape index (κ2) is 8.99. The zero-order valence-corrected chi connectivity index (χ0v) is 17.6. The van der Waals surface area contributed by atoms with Gasteiger partial charge in [0, 0.05) is 17.3 Å². The molecule has 0 unspecified atom stereocenters. The number of primary sulfonamides is 1. The number of carbonyl (C=O) groups excluding carboxylic acids is 2. The zero-order chi connectivity index (χ0) is 22.6. The lowest BCUT2D eigenvalue weighted by atomic mass is 9.98. The number of anilines is 1. The van der Waals surface area contributed by atoms with Crippen LogP contribution in [0.5, 0.6) is 5.75 Å². The fourth-order valence-corrected chi connectivity index (χ4v) is 3.69. The van der Waals surface area contributed by atoms with Crippen LogP contribution < -0.4 is 15.2 Å². The van der Waals surface area contributed by atoms with Gasteiger partial charge in [-0.2, -0.15) is 0 Å². The Morgan fingerprint density at radius 3 is 2.23 bits per heavy atom. The topological polar surface area (TPSA) is 125 Å². The lowest BCUT2D eigenvalue weighted by molar-refractivity contribution is 0.0601. The second-order valence-electron chi connectivity index (χ2n) is 6.48. The molecule has 8 nitrogen and oxygen atoms in total. The minimum absolute atomic E-state index is 0.0232. The van der Waals surface area contributed by atoms with Crippen molar-refractivity contribution in [3.63, 3.8) is 0 Å². The zero-order valence-electron chi connectivity index (χ0n) is 16.8. The number of rotatable bonds is 6. The van der Waals surface area contributed by atoms with E-state index in [-0.39, 0.29) is 10.6 Å². The van der Waals surface area contributed by atoms with E-state index in [1.54, 1.807) is 48.5 Å². The summed E-state index contributed by atoms with van der Waals surface area (Å²) in [6, 6.07) is 17.7. The first-order chi connectivity index (χ1) is 14.7. The van der Waals surface area contributed by atoms with E-state index in [0.717, 1.165) is 5.56 Å². The van der Waals surface area contributed by atoms with E-state index in [9.17, 15) is 18.0 Å². The highest BCUT2D eigenvalue weighted by Crippen LogP contribution is 2.27. The first kappa shape index (κ1) is 22.0. The summed E-state index contributed by atoms with van der Waals surface area (Å²) in [6.45, 7) is 0. The number of benzene rings is 3. The molecule has 0 aliphatic rings. The quantitative estimate of drug-likeness (QED) is 0.568. The van der Waals surface area contributed by atoms with E-state index in [0.29, 0.717) is 22.4 Å². The number of esters is 1. The number of amides is 1. The minimum atomic E-state index is -3.96. The van der Waals surface area contributed by atoms with Crippen LogP contribution in [0.25, 0.3) is 11.1 Å². The van der Waals surface area contributed by atoms with Crippen LogP contribution in [0.15, 0.2) is 71.6 Å². The van der Waals surface area contributed by atoms with Crippen molar-refractivity contribution in [2.45, 2.75) is 4.90 Å². The van der Waals surface area contributed by atoms with E-state index in [1.807, 2.05) is 0 Å². The molecule has 3 aromatic carbocycles. The average molecular weight is 440 g/mol. The van der Waals surface area contributed by atoms with Crippen molar-refractivity contribution < 1.29 is 27.5 Å². The van der Waals surface area contributed by atoms with Gasteiger partial charge in [-0.25, -0.2) is 18.4 Å². The van der Waals surface area contributed by atoms with Crippen molar-refractivity contribution >= 4 is 27.6 Å². The molecule has 1 amide bonds. The van der Waals surface area contributed by atoms with Crippen molar-refractivity contribution in [2.75, 3.05) is 19.5 Å². The third-order valence-corrected chi connectivity index (χ3v) is 5.47. The molecule has 0 atom stereocenters. The van der Waals surface area contributed by atoms with Crippen molar-refractivity contribution in [3.8, 4) is 16.9 Å². The summed E-state index contributed by atoms with van der Waals surface area (Å²) in [5.74, 6) is -0.831. The second-order valence-corrected chi connectivity index (χ2v) is 8.01. The van der Waals surface area contributed by atoms with Crippen LogP contribution in [0, 0.1) is 0 Å². The van der Waals surface area contributed by atoms with Gasteiger partial charge in [-0.1, -0.05) is 30.3 Å². The molecule has 0 saturated carbocycles. The molecule has 0 spiro atoms. The summed E-state index contributed by atoms with van der Waals surface area (Å²) in [5, 5.41) is 7.83. The molecule has 0 saturated heterocycles. The Labute approximate surface area is 179 Å². The highest BCUT2D eigenvalue weighted by molar-refractivity contribution is 7.89. The molecule has 0 fully saturated rings. The molecule has 160 valence electrons. The molecule has 0 bridgehead atoms. The Bertz CT molecular complexity index is 1240. The molecule has 3 N–H and O–H groups in total. The fraction of sp³-hybridized carbons (Fsp3) is 0.0909. The maximum atomic E-state index is 12.6. The average Bonchev–Trinajstić information content (AvgIpc) is 2.77. The highest BCUT2D eigenvalue weighted by atomic mass is 32.2. The standard InChI is InChI=1S/C22H20N2O6S/c1-29-19-13-16(11-12-20(19)31(23,27)28)24-21(25)15-9-7-14(8-10-15)17-5-3-4-6-18(17)22(26)30-2/h3-13H,1-2H3,(H,24,25)(H2,23,27,28). The van der Waals surface area contributed by atoms with Crippen LogP contribution in [0.2, 0.25) is 0 Å². The molecule has 0 aliphatic carbocycles. The van der Waals surface area contributed by atoms with Crippen LogP contribution >= 0.6 is 0 Å². The van der Waals surface area contributed by atoms with Gasteiger partial charge in [0.15, 0.2) is 0 Å². The maximum Gasteiger partial charge on any atom is 0.338 e. The third-order valence-electron chi connectivity index (χ3n) is 4.52. The molecular formula is C22H20N2O6S. The molecule has 0 heterocycles. The SMILES string of the molecule is COC(=O)c1ccccc1-c1ccc(C(=O)Nc2ccc(S(N)(=O)=O)c(OC)c2)cc1. The molecule has 0 aliphatic heterocycles. The number of methoxy groups -OCH3 is 2. The number of nitrogens with one attached hydrogen (secondary N) is 1.